The van der Waals surface area contributed by atoms with E-state index in [0.717, 1.165) is 21.0 Å². The van der Waals surface area contributed by atoms with E-state index in [0.29, 0.717) is 16.8 Å². The van der Waals surface area contributed by atoms with Gasteiger partial charge in [0.15, 0.2) is 0 Å². The van der Waals surface area contributed by atoms with Crippen molar-refractivity contribution in [1.29, 1.82) is 0 Å². The van der Waals surface area contributed by atoms with Crippen LogP contribution in [0.15, 0.2) is 76.7 Å². The standard InChI is InChI=1S/C26H27N3O5S/c1-18-5-13-24(14-6-18)35(32,33)29(23-12-7-19(2)20(3)15-23)17-25(30)28-27-16-21-8-10-22(11-9-21)26(31)34-4/h5-16H,17H2,1-4H3,(H,28,30)/b27-16-. The third-order valence-electron chi connectivity index (χ3n) is 5.41. The molecule has 0 aliphatic rings. The predicted octanol–water partition coefficient (Wildman–Crippen LogP) is 3.74. The predicted molar refractivity (Wildman–Crippen MR) is 135 cm³/mol. The van der Waals surface area contributed by atoms with E-state index in [4.69, 9.17) is 0 Å². The zero-order valence-electron chi connectivity index (χ0n) is 20.0. The van der Waals surface area contributed by atoms with Crippen molar-refractivity contribution in [3.05, 3.63) is 94.5 Å². The number of carbonyl (C=O) groups excluding carboxylic acids is 2. The lowest BCUT2D eigenvalue weighted by molar-refractivity contribution is -0.119. The summed E-state index contributed by atoms with van der Waals surface area (Å²) in [6.07, 6.45) is 1.40. The molecule has 0 radical (unpaired) electrons. The summed E-state index contributed by atoms with van der Waals surface area (Å²) in [5.41, 5.74) is 6.61. The summed E-state index contributed by atoms with van der Waals surface area (Å²) in [4.78, 5) is 24.3. The Kier molecular flexibility index (Phi) is 8.03. The molecule has 0 aliphatic heterocycles. The first-order chi connectivity index (χ1) is 16.6. The number of sulfonamides is 1. The van der Waals surface area contributed by atoms with Gasteiger partial charge in [-0.3, -0.25) is 9.10 Å². The Bertz CT molecular complexity index is 1350. The van der Waals surface area contributed by atoms with Gasteiger partial charge in [0.1, 0.15) is 6.54 Å². The van der Waals surface area contributed by atoms with Crippen LogP contribution in [-0.2, 0) is 19.6 Å². The molecule has 35 heavy (non-hydrogen) atoms. The number of ether oxygens (including phenoxy) is 1. The number of aryl methyl sites for hydroxylation is 3. The summed E-state index contributed by atoms with van der Waals surface area (Å²) in [5, 5.41) is 3.92. The maximum absolute atomic E-state index is 13.5. The van der Waals surface area contributed by atoms with Gasteiger partial charge >= 0.3 is 5.97 Å². The summed E-state index contributed by atoms with van der Waals surface area (Å²) in [7, 11) is -2.71. The molecule has 0 unspecified atom stereocenters. The number of nitrogens with one attached hydrogen (secondary N) is 1. The highest BCUT2D eigenvalue weighted by Crippen LogP contribution is 2.26. The van der Waals surface area contributed by atoms with Crippen LogP contribution in [0.3, 0.4) is 0 Å². The smallest absolute Gasteiger partial charge is 0.337 e. The van der Waals surface area contributed by atoms with Gasteiger partial charge in [0.2, 0.25) is 0 Å². The van der Waals surface area contributed by atoms with E-state index in [1.54, 1.807) is 48.5 Å². The van der Waals surface area contributed by atoms with Gasteiger partial charge in [-0.25, -0.2) is 18.6 Å². The molecule has 0 bridgehead atoms. The van der Waals surface area contributed by atoms with E-state index in [1.165, 1.54) is 25.5 Å². The number of hydrogen-bond acceptors (Lipinski definition) is 6. The number of hydrazone groups is 1. The minimum absolute atomic E-state index is 0.0864. The summed E-state index contributed by atoms with van der Waals surface area (Å²) < 4.78 is 32.6. The first kappa shape index (κ1) is 25.6. The molecule has 0 aliphatic carbocycles. The van der Waals surface area contributed by atoms with E-state index >= 15 is 0 Å². The molecule has 9 heteroatoms. The molecule has 0 spiro atoms. The molecule has 0 saturated heterocycles. The van der Waals surface area contributed by atoms with Crippen LogP contribution in [0.25, 0.3) is 0 Å². The minimum atomic E-state index is -4.01. The topological polar surface area (TPSA) is 105 Å². The molecule has 3 aromatic carbocycles. The van der Waals surface area contributed by atoms with Crippen molar-refractivity contribution in [3.63, 3.8) is 0 Å². The zero-order chi connectivity index (χ0) is 25.6. The number of benzene rings is 3. The van der Waals surface area contributed by atoms with Crippen molar-refractivity contribution in [3.8, 4) is 0 Å². The molecule has 1 N–H and O–H groups in total. The van der Waals surface area contributed by atoms with Gasteiger partial charge < -0.3 is 4.74 Å². The number of amides is 1. The summed E-state index contributed by atoms with van der Waals surface area (Å²) in [5.74, 6) is -1.07. The largest absolute Gasteiger partial charge is 0.465 e. The van der Waals surface area contributed by atoms with Crippen molar-refractivity contribution < 1.29 is 22.7 Å². The third kappa shape index (κ3) is 6.33. The van der Waals surface area contributed by atoms with Crippen LogP contribution in [0.4, 0.5) is 5.69 Å². The summed E-state index contributed by atoms with van der Waals surface area (Å²) in [6.45, 7) is 5.21. The van der Waals surface area contributed by atoms with Gasteiger partial charge in [0.05, 0.1) is 29.5 Å². The lowest BCUT2D eigenvalue weighted by atomic mass is 10.1. The van der Waals surface area contributed by atoms with Crippen molar-refractivity contribution >= 4 is 33.8 Å². The Labute approximate surface area is 205 Å². The van der Waals surface area contributed by atoms with Gasteiger partial charge in [0.25, 0.3) is 15.9 Å². The van der Waals surface area contributed by atoms with E-state index in [-0.39, 0.29) is 4.90 Å². The fraction of sp³-hybridized carbons (Fsp3) is 0.192. The molecular formula is C26H27N3O5S. The lowest BCUT2D eigenvalue weighted by Gasteiger charge is -2.24. The molecule has 0 aromatic heterocycles. The zero-order valence-corrected chi connectivity index (χ0v) is 20.8. The van der Waals surface area contributed by atoms with Crippen molar-refractivity contribution in [1.82, 2.24) is 5.43 Å². The van der Waals surface area contributed by atoms with E-state index in [9.17, 15) is 18.0 Å². The molecule has 182 valence electrons. The number of methoxy groups -OCH3 is 1. The second-order valence-electron chi connectivity index (χ2n) is 8.00. The van der Waals surface area contributed by atoms with Crippen LogP contribution in [-0.4, -0.2) is 40.2 Å². The minimum Gasteiger partial charge on any atom is -0.465 e. The third-order valence-corrected chi connectivity index (χ3v) is 7.20. The highest BCUT2D eigenvalue weighted by atomic mass is 32.2. The quantitative estimate of drug-likeness (QED) is 0.292. The number of carbonyl (C=O) groups is 2. The number of rotatable bonds is 8. The van der Waals surface area contributed by atoms with Crippen LogP contribution in [0.1, 0.15) is 32.6 Å². The Balaban J connectivity index is 1.81. The van der Waals surface area contributed by atoms with Crippen LogP contribution in [0, 0.1) is 20.8 Å². The highest BCUT2D eigenvalue weighted by Gasteiger charge is 2.27. The molecule has 3 aromatic rings. The number of esters is 1. The first-order valence-electron chi connectivity index (χ1n) is 10.8. The lowest BCUT2D eigenvalue weighted by Crippen LogP contribution is -2.39. The van der Waals surface area contributed by atoms with Crippen LogP contribution < -0.4 is 9.73 Å². The Morgan fingerprint density at radius 2 is 1.60 bits per heavy atom. The fourth-order valence-electron chi connectivity index (χ4n) is 3.20. The fourth-order valence-corrected chi connectivity index (χ4v) is 4.61. The summed E-state index contributed by atoms with van der Waals surface area (Å²) >= 11 is 0. The van der Waals surface area contributed by atoms with Gasteiger partial charge in [-0.2, -0.15) is 5.10 Å². The van der Waals surface area contributed by atoms with Gasteiger partial charge in [0, 0.05) is 0 Å². The molecule has 8 nitrogen and oxygen atoms in total. The van der Waals surface area contributed by atoms with Crippen molar-refractivity contribution in [2.75, 3.05) is 18.0 Å². The van der Waals surface area contributed by atoms with E-state index in [2.05, 4.69) is 15.3 Å². The molecule has 0 saturated carbocycles. The average molecular weight is 494 g/mol. The second kappa shape index (κ2) is 11.0. The number of hydrogen-bond donors (Lipinski definition) is 1. The number of anilines is 1. The average Bonchev–Trinajstić information content (AvgIpc) is 2.84. The highest BCUT2D eigenvalue weighted by molar-refractivity contribution is 7.92. The molecular weight excluding hydrogens is 466 g/mol. The maximum atomic E-state index is 13.5. The Hall–Kier alpha value is -3.98. The van der Waals surface area contributed by atoms with Gasteiger partial charge in [-0.15, -0.1) is 0 Å². The van der Waals surface area contributed by atoms with E-state index < -0.39 is 28.4 Å². The maximum Gasteiger partial charge on any atom is 0.337 e. The van der Waals surface area contributed by atoms with Crippen LogP contribution in [0.2, 0.25) is 0 Å². The molecule has 1 amide bonds. The normalized spacial score (nSPS) is 11.3. The number of nitrogens with zero attached hydrogens (tertiary/aromatic N) is 2. The SMILES string of the molecule is COC(=O)c1ccc(/C=N\NC(=O)CN(c2ccc(C)c(C)c2)S(=O)(=O)c2ccc(C)cc2)cc1. The molecule has 0 atom stereocenters. The van der Waals surface area contributed by atoms with Crippen LogP contribution >= 0.6 is 0 Å². The van der Waals surface area contributed by atoms with Gasteiger partial charge in [-0.05, 0) is 73.9 Å². The van der Waals surface area contributed by atoms with Crippen molar-refractivity contribution in [2.45, 2.75) is 25.7 Å². The molecule has 0 heterocycles. The monoisotopic (exact) mass is 493 g/mol. The second-order valence-corrected chi connectivity index (χ2v) is 9.86. The Morgan fingerprint density at radius 1 is 0.943 bits per heavy atom. The molecule has 0 fully saturated rings. The van der Waals surface area contributed by atoms with Crippen molar-refractivity contribution in [2.24, 2.45) is 5.10 Å². The van der Waals surface area contributed by atoms with Crippen LogP contribution in [0.5, 0.6) is 0 Å². The summed E-state index contributed by atoms with van der Waals surface area (Å²) in [6, 6.07) is 18.1. The molecule has 3 rings (SSSR count). The Morgan fingerprint density at radius 3 is 2.20 bits per heavy atom. The van der Waals surface area contributed by atoms with Gasteiger partial charge in [-0.1, -0.05) is 35.9 Å². The first-order valence-corrected chi connectivity index (χ1v) is 12.2. The van der Waals surface area contributed by atoms with E-state index in [1.807, 2.05) is 26.8 Å².